The van der Waals surface area contributed by atoms with Gasteiger partial charge in [-0.05, 0) is 32.3 Å². The number of carbonyl (C=O) groups excluding carboxylic acids is 1. The van der Waals surface area contributed by atoms with Gasteiger partial charge < -0.3 is 16.2 Å². The minimum absolute atomic E-state index is 0.0134. The summed E-state index contributed by atoms with van der Waals surface area (Å²) in [7, 11) is 0. The Morgan fingerprint density at radius 2 is 2.13 bits per heavy atom. The van der Waals surface area contributed by atoms with E-state index >= 15 is 0 Å². The van der Waals surface area contributed by atoms with E-state index in [-0.39, 0.29) is 12.5 Å². The lowest BCUT2D eigenvalue weighted by Crippen LogP contribution is -2.24. The van der Waals surface area contributed by atoms with Crippen molar-refractivity contribution in [2.75, 3.05) is 24.6 Å². The van der Waals surface area contributed by atoms with Crippen LogP contribution in [0.15, 0.2) is 5.16 Å². The topological polar surface area (TPSA) is 101 Å². The number of nitrogen functional groups attached to an aromatic ring is 1. The van der Waals surface area contributed by atoms with E-state index < -0.39 is 0 Å². The van der Waals surface area contributed by atoms with Crippen molar-refractivity contribution in [3.63, 3.8) is 0 Å². The first-order valence-corrected chi connectivity index (χ1v) is 9.36. The summed E-state index contributed by atoms with van der Waals surface area (Å²) in [5.74, 6) is 1.31. The van der Waals surface area contributed by atoms with Gasteiger partial charge in [-0.15, -0.1) is 11.3 Å². The number of hydrogen-bond donors (Lipinski definition) is 3. The van der Waals surface area contributed by atoms with E-state index in [1.807, 2.05) is 6.92 Å². The highest BCUT2D eigenvalue weighted by Crippen LogP contribution is 2.33. The maximum Gasteiger partial charge on any atom is 0.220 e. The normalized spacial score (nSPS) is 11.1. The number of fused-ring (bicyclic) bond motifs is 1. The summed E-state index contributed by atoms with van der Waals surface area (Å²) in [4.78, 5) is 22.6. The van der Waals surface area contributed by atoms with Gasteiger partial charge in [0.1, 0.15) is 10.6 Å². The zero-order valence-corrected chi connectivity index (χ0v) is 15.0. The van der Waals surface area contributed by atoms with Gasteiger partial charge in [0.25, 0.3) is 0 Å². The van der Waals surface area contributed by atoms with Gasteiger partial charge in [0, 0.05) is 30.2 Å². The summed E-state index contributed by atoms with van der Waals surface area (Å²) >= 11 is 3.15. The van der Waals surface area contributed by atoms with Crippen LogP contribution < -0.4 is 11.1 Å². The number of anilines is 1. The number of aryl methyl sites for hydroxylation is 2. The molecule has 0 fully saturated rings. The molecule has 0 aliphatic heterocycles. The van der Waals surface area contributed by atoms with Crippen LogP contribution in [0.25, 0.3) is 10.2 Å². The van der Waals surface area contributed by atoms with E-state index in [9.17, 15) is 4.79 Å². The number of thioether (sulfide) groups is 1. The van der Waals surface area contributed by atoms with Crippen LogP contribution in [0.2, 0.25) is 0 Å². The molecule has 1 amide bonds. The van der Waals surface area contributed by atoms with E-state index in [0.29, 0.717) is 30.4 Å². The molecule has 0 saturated heterocycles. The molecule has 4 N–H and O–H groups in total. The van der Waals surface area contributed by atoms with Gasteiger partial charge in [0.05, 0.1) is 5.39 Å². The molecule has 126 valence electrons. The molecule has 8 heteroatoms. The molecular weight excluding hydrogens is 332 g/mol. The number of nitrogens with one attached hydrogen (secondary N) is 1. The Balaban J connectivity index is 1.84. The number of thiophene rings is 1. The van der Waals surface area contributed by atoms with Gasteiger partial charge in [0.2, 0.25) is 5.91 Å². The fraction of sp³-hybridized carbons (Fsp3) is 0.533. The number of carbonyl (C=O) groups is 1. The Labute approximate surface area is 143 Å². The van der Waals surface area contributed by atoms with E-state index in [0.717, 1.165) is 28.0 Å². The molecule has 0 aromatic carbocycles. The molecule has 2 rings (SSSR count). The molecule has 2 aromatic rings. The van der Waals surface area contributed by atoms with E-state index in [1.54, 1.807) is 11.3 Å². The number of aliphatic hydroxyl groups excluding tert-OH is 1. The highest BCUT2D eigenvalue weighted by atomic mass is 32.2. The molecule has 0 bridgehead atoms. The second-order valence-electron chi connectivity index (χ2n) is 5.23. The van der Waals surface area contributed by atoms with Crippen LogP contribution in [0.1, 0.15) is 29.7 Å². The van der Waals surface area contributed by atoms with Crippen LogP contribution in [0.4, 0.5) is 5.82 Å². The number of rotatable bonds is 8. The highest BCUT2D eigenvalue weighted by Gasteiger charge is 2.12. The molecule has 2 aromatic heterocycles. The monoisotopic (exact) mass is 354 g/mol. The summed E-state index contributed by atoms with van der Waals surface area (Å²) in [5.41, 5.74) is 7.20. The summed E-state index contributed by atoms with van der Waals surface area (Å²) < 4.78 is 0. The number of aromatic nitrogens is 2. The molecule has 0 aliphatic rings. The molecule has 0 radical (unpaired) electrons. The Morgan fingerprint density at radius 1 is 1.35 bits per heavy atom. The molecule has 0 atom stereocenters. The zero-order chi connectivity index (χ0) is 16.8. The van der Waals surface area contributed by atoms with Crippen molar-refractivity contribution < 1.29 is 9.90 Å². The van der Waals surface area contributed by atoms with Crippen molar-refractivity contribution in [3.05, 3.63) is 10.4 Å². The van der Waals surface area contributed by atoms with Gasteiger partial charge in [-0.2, -0.15) is 0 Å². The summed E-state index contributed by atoms with van der Waals surface area (Å²) in [6.07, 6.45) is 1.81. The van der Waals surface area contributed by atoms with Crippen LogP contribution in [-0.2, 0) is 4.79 Å². The van der Waals surface area contributed by atoms with Crippen molar-refractivity contribution in [1.82, 2.24) is 15.3 Å². The molecule has 0 saturated carbocycles. The van der Waals surface area contributed by atoms with E-state index in [2.05, 4.69) is 22.2 Å². The summed E-state index contributed by atoms with van der Waals surface area (Å²) in [6.45, 7) is 4.72. The number of nitrogens with two attached hydrogens (primary N) is 1. The average Bonchev–Trinajstić information content (AvgIpc) is 2.79. The fourth-order valence-electron chi connectivity index (χ4n) is 2.12. The van der Waals surface area contributed by atoms with Gasteiger partial charge in [-0.3, -0.25) is 4.79 Å². The smallest absolute Gasteiger partial charge is 0.220 e. The van der Waals surface area contributed by atoms with Crippen molar-refractivity contribution in [1.29, 1.82) is 0 Å². The third kappa shape index (κ3) is 4.79. The molecule has 23 heavy (non-hydrogen) atoms. The Morgan fingerprint density at radius 3 is 2.87 bits per heavy atom. The van der Waals surface area contributed by atoms with Crippen molar-refractivity contribution in [3.8, 4) is 0 Å². The van der Waals surface area contributed by atoms with Crippen LogP contribution in [-0.4, -0.2) is 39.9 Å². The largest absolute Gasteiger partial charge is 0.396 e. The van der Waals surface area contributed by atoms with Gasteiger partial charge in [0.15, 0.2) is 5.16 Å². The lowest BCUT2D eigenvalue weighted by Gasteiger charge is -2.04. The highest BCUT2D eigenvalue weighted by molar-refractivity contribution is 7.99. The predicted octanol–water partition coefficient (Wildman–Crippen LogP) is 2.26. The van der Waals surface area contributed by atoms with Crippen molar-refractivity contribution >= 4 is 45.0 Å². The predicted molar refractivity (Wildman–Crippen MR) is 96.0 cm³/mol. The minimum Gasteiger partial charge on any atom is -0.396 e. The number of amides is 1. The number of aliphatic hydroxyl groups is 1. The lowest BCUT2D eigenvalue weighted by molar-refractivity contribution is -0.121. The molecule has 0 spiro atoms. The van der Waals surface area contributed by atoms with E-state index in [1.165, 1.54) is 16.6 Å². The molecule has 0 unspecified atom stereocenters. The molecular formula is C15H22N4O2S2. The Kier molecular flexibility index (Phi) is 6.61. The third-order valence-corrected chi connectivity index (χ3v) is 5.51. The van der Waals surface area contributed by atoms with Crippen LogP contribution >= 0.6 is 23.1 Å². The van der Waals surface area contributed by atoms with Crippen molar-refractivity contribution in [2.24, 2.45) is 0 Å². The Bertz CT molecular complexity index is 688. The summed E-state index contributed by atoms with van der Waals surface area (Å²) in [6, 6.07) is 0. The lowest BCUT2D eigenvalue weighted by atomic mass is 10.2. The first-order chi connectivity index (χ1) is 11.0. The first-order valence-electron chi connectivity index (χ1n) is 7.56. The second-order valence-corrected chi connectivity index (χ2v) is 7.50. The van der Waals surface area contributed by atoms with E-state index in [4.69, 9.17) is 10.8 Å². The molecule has 6 nitrogen and oxygen atoms in total. The van der Waals surface area contributed by atoms with Gasteiger partial charge in [-0.1, -0.05) is 11.8 Å². The minimum atomic E-state index is 0.0134. The Hall–Kier alpha value is -1.38. The fourth-order valence-corrected chi connectivity index (χ4v) is 4.00. The van der Waals surface area contributed by atoms with Crippen LogP contribution in [0, 0.1) is 13.8 Å². The van der Waals surface area contributed by atoms with Gasteiger partial charge >= 0.3 is 0 Å². The SMILES string of the molecule is Cc1sc2nc(SCCCC(=O)NCCCO)nc(N)c2c1C. The van der Waals surface area contributed by atoms with Gasteiger partial charge in [-0.25, -0.2) is 9.97 Å². The number of hydrogen-bond acceptors (Lipinski definition) is 7. The average molecular weight is 355 g/mol. The van der Waals surface area contributed by atoms with Crippen LogP contribution in [0.3, 0.4) is 0 Å². The molecule has 0 aliphatic carbocycles. The quantitative estimate of drug-likeness (QED) is 0.382. The number of nitrogens with zero attached hydrogens (tertiary/aromatic N) is 2. The second kappa shape index (κ2) is 8.47. The maximum absolute atomic E-state index is 11.5. The first kappa shape index (κ1) is 18.0. The summed E-state index contributed by atoms with van der Waals surface area (Å²) in [5, 5.41) is 13.0. The van der Waals surface area contributed by atoms with Crippen molar-refractivity contribution in [2.45, 2.75) is 38.3 Å². The molecule has 2 heterocycles. The van der Waals surface area contributed by atoms with Crippen LogP contribution in [0.5, 0.6) is 0 Å². The maximum atomic E-state index is 11.5. The third-order valence-electron chi connectivity index (χ3n) is 3.47. The standard InChI is InChI=1S/C15H22N4O2S2/c1-9-10(2)23-14-12(9)13(16)18-15(19-14)22-8-3-5-11(21)17-6-4-7-20/h20H,3-8H2,1-2H3,(H,17,21)(H2,16,18,19). The zero-order valence-electron chi connectivity index (χ0n) is 13.4.